The molecule has 1 aliphatic rings. The van der Waals surface area contributed by atoms with Gasteiger partial charge in [-0.1, -0.05) is 60.3 Å². The van der Waals surface area contributed by atoms with Crippen LogP contribution < -0.4 is 0 Å². The van der Waals surface area contributed by atoms with Crippen LogP contribution in [0, 0.1) is 0 Å². The first-order chi connectivity index (χ1) is 10.6. The summed E-state index contributed by atoms with van der Waals surface area (Å²) >= 11 is 24.4. The fourth-order valence-electron chi connectivity index (χ4n) is 3.07. The van der Waals surface area contributed by atoms with Gasteiger partial charge in [-0.25, -0.2) is 0 Å². The highest BCUT2D eigenvalue weighted by molar-refractivity contribution is 6.41. The van der Waals surface area contributed by atoms with Crippen molar-refractivity contribution in [2.45, 2.75) is 19.3 Å². The Hall–Kier alpha value is -1.13. The minimum Gasteiger partial charge on any atom is -0.505 e. The second-order valence-electron chi connectivity index (χ2n) is 5.84. The van der Waals surface area contributed by atoms with Crippen LogP contribution in [-0.2, 0) is 5.41 Å². The maximum absolute atomic E-state index is 12.8. The highest BCUT2D eigenvalue weighted by Crippen LogP contribution is 2.53. The molecule has 120 valence electrons. The molecule has 0 heterocycles. The summed E-state index contributed by atoms with van der Waals surface area (Å²) in [5.74, 6) is -0.974. The van der Waals surface area contributed by atoms with Gasteiger partial charge in [0.15, 0.2) is 17.3 Å². The Kier molecular flexibility index (Phi) is 3.77. The van der Waals surface area contributed by atoms with Gasteiger partial charge in [-0.05, 0) is 23.3 Å². The minimum atomic E-state index is -0.850. The van der Waals surface area contributed by atoms with Gasteiger partial charge >= 0.3 is 0 Å². The average Bonchev–Trinajstić information content (AvgIpc) is 2.46. The molecule has 0 aliphatic heterocycles. The van der Waals surface area contributed by atoms with Crippen molar-refractivity contribution < 1.29 is 15.0 Å². The Morgan fingerprint density at radius 3 is 1.52 bits per heavy atom. The van der Waals surface area contributed by atoms with Crippen LogP contribution in [-0.4, -0.2) is 16.0 Å². The Morgan fingerprint density at radius 2 is 1.17 bits per heavy atom. The number of phenolic OH excluding ortho intramolecular Hbond substituents is 2. The molecule has 0 amide bonds. The lowest BCUT2D eigenvalue weighted by Gasteiger charge is -2.36. The quantitative estimate of drug-likeness (QED) is 0.616. The molecule has 3 rings (SSSR count). The molecular formula is C16H10Cl4O3. The molecule has 2 aromatic rings. The van der Waals surface area contributed by atoms with E-state index >= 15 is 0 Å². The number of hydrogen-bond acceptors (Lipinski definition) is 3. The molecule has 1 aliphatic carbocycles. The van der Waals surface area contributed by atoms with Gasteiger partial charge in [-0.3, -0.25) is 4.79 Å². The van der Waals surface area contributed by atoms with Gasteiger partial charge in [0.25, 0.3) is 0 Å². The summed E-state index contributed by atoms with van der Waals surface area (Å²) in [7, 11) is 0. The van der Waals surface area contributed by atoms with Gasteiger partial charge in [0.1, 0.15) is 0 Å². The Labute approximate surface area is 152 Å². The third kappa shape index (κ3) is 2.14. The first kappa shape index (κ1) is 16.7. The zero-order valence-corrected chi connectivity index (χ0v) is 15.0. The SMILES string of the molecule is CC1(C)c2c(cc(Cl)c(O)c2Cl)C(=O)c2cc(Cl)c(O)c(Cl)c21. The molecule has 0 fully saturated rings. The third-order valence-electron chi connectivity index (χ3n) is 4.13. The van der Waals surface area contributed by atoms with E-state index < -0.39 is 5.41 Å². The summed E-state index contributed by atoms with van der Waals surface area (Å²) in [6, 6.07) is 2.75. The first-order valence-electron chi connectivity index (χ1n) is 6.56. The van der Waals surface area contributed by atoms with Gasteiger partial charge in [-0.15, -0.1) is 0 Å². The first-order valence-corrected chi connectivity index (χ1v) is 8.07. The van der Waals surface area contributed by atoms with Crippen molar-refractivity contribution in [1.82, 2.24) is 0 Å². The van der Waals surface area contributed by atoms with Crippen molar-refractivity contribution in [2.24, 2.45) is 0 Å². The number of phenols is 2. The smallest absolute Gasteiger partial charge is 0.193 e. The number of rotatable bonds is 0. The molecule has 7 heteroatoms. The summed E-state index contributed by atoms with van der Waals surface area (Å²) in [4.78, 5) is 12.8. The molecule has 3 nitrogen and oxygen atoms in total. The van der Waals surface area contributed by atoms with Crippen molar-refractivity contribution >= 4 is 52.2 Å². The number of aromatic hydroxyl groups is 2. The van der Waals surface area contributed by atoms with Crippen LogP contribution in [0.5, 0.6) is 11.5 Å². The number of benzene rings is 2. The van der Waals surface area contributed by atoms with E-state index in [2.05, 4.69) is 0 Å². The van der Waals surface area contributed by atoms with Crippen molar-refractivity contribution in [3.63, 3.8) is 0 Å². The van der Waals surface area contributed by atoms with Gasteiger partial charge in [0, 0.05) is 16.5 Å². The van der Waals surface area contributed by atoms with Crippen LogP contribution in [0.1, 0.15) is 40.9 Å². The van der Waals surface area contributed by atoms with Gasteiger partial charge in [0.05, 0.1) is 20.1 Å². The normalized spacial score (nSPS) is 15.3. The largest absolute Gasteiger partial charge is 0.505 e. The van der Waals surface area contributed by atoms with Gasteiger partial charge in [-0.2, -0.15) is 0 Å². The molecule has 2 aromatic carbocycles. The molecule has 0 radical (unpaired) electrons. The zero-order chi connectivity index (χ0) is 17.3. The number of ketones is 1. The highest BCUT2D eigenvalue weighted by atomic mass is 35.5. The summed E-state index contributed by atoms with van der Waals surface area (Å²) in [6.45, 7) is 3.57. The number of hydrogen-bond donors (Lipinski definition) is 2. The average molecular weight is 392 g/mol. The summed E-state index contributed by atoms with van der Waals surface area (Å²) < 4.78 is 0. The molecular weight excluding hydrogens is 382 g/mol. The maximum atomic E-state index is 12.8. The summed E-state index contributed by atoms with van der Waals surface area (Å²) in [5.41, 5.74) is 0.502. The molecule has 0 saturated carbocycles. The standard InChI is InChI=1S/C16H10Cl4O3/c1-16(2)9-5(3-7(17)14(22)11(9)19)13(21)6-4-8(18)15(23)12(20)10(6)16/h3-4,22-23H,1-2H3. The summed E-state index contributed by atoms with van der Waals surface area (Å²) in [6.07, 6.45) is 0. The van der Waals surface area contributed by atoms with Crippen molar-refractivity contribution in [3.05, 3.63) is 54.5 Å². The van der Waals surface area contributed by atoms with Crippen molar-refractivity contribution in [3.8, 4) is 11.5 Å². The fourth-order valence-corrected chi connectivity index (χ4v) is 4.45. The van der Waals surface area contributed by atoms with Crippen LogP contribution in [0.4, 0.5) is 0 Å². The van der Waals surface area contributed by atoms with E-state index in [4.69, 9.17) is 46.4 Å². The van der Waals surface area contributed by atoms with E-state index in [1.54, 1.807) is 13.8 Å². The Bertz CT molecular complexity index is 818. The van der Waals surface area contributed by atoms with E-state index in [0.29, 0.717) is 11.1 Å². The van der Waals surface area contributed by atoms with Crippen molar-refractivity contribution in [2.75, 3.05) is 0 Å². The third-order valence-corrected chi connectivity index (χ3v) is 5.44. The molecule has 0 saturated heterocycles. The van der Waals surface area contributed by atoms with E-state index in [0.717, 1.165) is 0 Å². The number of fused-ring (bicyclic) bond motifs is 2. The lowest BCUT2D eigenvalue weighted by atomic mass is 9.68. The van der Waals surface area contributed by atoms with Crippen LogP contribution in [0.3, 0.4) is 0 Å². The van der Waals surface area contributed by atoms with Crippen LogP contribution in [0.2, 0.25) is 20.1 Å². The monoisotopic (exact) mass is 390 g/mol. The predicted octanol–water partition coefficient (Wildman–Crippen LogP) is 5.58. The molecule has 0 bridgehead atoms. The van der Waals surface area contributed by atoms with E-state index in [1.165, 1.54) is 12.1 Å². The minimum absolute atomic E-state index is 0.0120. The number of halogens is 4. The molecule has 23 heavy (non-hydrogen) atoms. The van der Waals surface area contributed by atoms with Crippen molar-refractivity contribution in [1.29, 1.82) is 0 Å². The Balaban J connectivity index is 2.49. The van der Waals surface area contributed by atoms with E-state index in [-0.39, 0.29) is 48.5 Å². The molecule has 0 spiro atoms. The summed E-state index contributed by atoms with van der Waals surface area (Å²) in [5, 5.41) is 20.0. The topological polar surface area (TPSA) is 57.5 Å². The second-order valence-corrected chi connectivity index (χ2v) is 7.41. The fraction of sp³-hybridized carbons (Fsp3) is 0.188. The van der Waals surface area contributed by atoms with Crippen LogP contribution in [0.25, 0.3) is 0 Å². The maximum Gasteiger partial charge on any atom is 0.193 e. The lowest BCUT2D eigenvalue weighted by molar-refractivity contribution is 0.103. The molecule has 0 unspecified atom stereocenters. The van der Waals surface area contributed by atoms with Crippen LogP contribution >= 0.6 is 46.4 Å². The number of carbonyl (C=O) groups is 1. The van der Waals surface area contributed by atoms with E-state index in [9.17, 15) is 15.0 Å². The Morgan fingerprint density at radius 1 is 0.826 bits per heavy atom. The van der Waals surface area contributed by atoms with Gasteiger partial charge in [0.2, 0.25) is 0 Å². The van der Waals surface area contributed by atoms with Crippen LogP contribution in [0.15, 0.2) is 12.1 Å². The second kappa shape index (κ2) is 5.18. The molecule has 0 aromatic heterocycles. The lowest BCUT2D eigenvalue weighted by Crippen LogP contribution is -2.31. The van der Waals surface area contributed by atoms with Gasteiger partial charge < -0.3 is 10.2 Å². The number of carbonyl (C=O) groups excluding carboxylic acids is 1. The zero-order valence-electron chi connectivity index (χ0n) is 12.0. The van der Waals surface area contributed by atoms with E-state index in [1.807, 2.05) is 0 Å². The predicted molar refractivity (Wildman–Crippen MR) is 91.8 cm³/mol. The molecule has 2 N–H and O–H groups in total. The molecule has 0 atom stereocenters. The highest BCUT2D eigenvalue weighted by Gasteiger charge is 2.42.